The summed E-state index contributed by atoms with van der Waals surface area (Å²) in [6, 6.07) is 28.7. The number of benzene rings is 4. The van der Waals surface area contributed by atoms with Crippen LogP contribution in [0.15, 0.2) is 93.9 Å². The van der Waals surface area contributed by atoms with E-state index in [9.17, 15) is 5.11 Å². The zero-order chi connectivity index (χ0) is 24.3. The van der Waals surface area contributed by atoms with Crippen molar-refractivity contribution >= 4 is 42.6 Å². The van der Waals surface area contributed by atoms with E-state index < -0.39 is 5.60 Å². The molecule has 0 saturated carbocycles. The van der Waals surface area contributed by atoms with E-state index in [1.54, 1.807) is 7.11 Å². The van der Waals surface area contributed by atoms with Crippen LogP contribution in [0.25, 0.3) is 10.8 Å². The molecule has 5 heteroatoms. The lowest BCUT2D eigenvalue weighted by molar-refractivity contribution is 0.00389. The molecule has 3 nitrogen and oxygen atoms in total. The summed E-state index contributed by atoms with van der Waals surface area (Å²) in [6.45, 7) is 0.730. The van der Waals surface area contributed by atoms with Crippen LogP contribution in [-0.4, -0.2) is 37.8 Å². The smallest absolute Gasteiger partial charge is 0.123 e. The van der Waals surface area contributed by atoms with Crippen molar-refractivity contribution in [3.05, 3.63) is 111 Å². The van der Waals surface area contributed by atoms with Gasteiger partial charge in [-0.25, -0.2) is 0 Å². The second-order valence-corrected chi connectivity index (χ2v) is 10.7. The molecule has 1 N–H and O–H groups in total. The Kier molecular flexibility index (Phi) is 7.78. The van der Waals surface area contributed by atoms with Gasteiger partial charge < -0.3 is 14.7 Å². The SMILES string of the molecule is COc1cc2ccc(Br)cc2cc1C(c1ccccc1)C(O)(CCN(C)C)c1cccc(Br)c1. The van der Waals surface area contributed by atoms with Crippen LogP contribution in [0.3, 0.4) is 0 Å². The number of nitrogens with zero attached hydrogens (tertiary/aromatic N) is 1. The number of halogens is 2. The van der Waals surface area contributed by atoms with Gasteiger partial charge >= 0.3 is 0 Å². The summed E-state index contributed by atoms with van der Waals surface area (Å²) in [5.41, 5.74) is 1.69. The van der Waals surface area contributed by atoms with E-state index in [1.807, 2.05) is 62.6 Å². The summed E-state index contributed by atoms with van der Waals surface area (Å²) in [5.74, 6) is 0.420. The third kappa shape index (κ3) is 5.23. The highest BCUT2D eigenvalue weighted by Gasteiger charge is 2.42. The first-order valence-corrected chi connectivity index (χ1v) is 12.9. The molecule has 0 aliphatic heterocycles. The first kappa shape index (κ1) is 24.9. The topological polar surface area (TPSA) is 32.7 Å². The fourth-order valence-corrected chi connectivity index (χ4v) is 5.41. The fourth-order valence-electron chi connectivity index (χ4n) is 4.63. The number of rotatable bonds is 8. The quantitative estimate of drug-likeness (QED) is 0.236. The van der Waals surface area contributed by atoms with Crippen molar-refractivity contribution in [1.29, 1.82) is 0 Å². The van der Waals surface area contributed by atoms with E-state index in [0.717, 1.165) is 48.7 Å². The molecule has 4 aromatic rings. The summed E-state index contributed by atoms with van der Waals surface area (Å²) in [7, 11) is 5.77. The number of hydrogen-bond donors (Lipinski definition) is 1. The Morgan fingerprint density at radius 1 is 0.853 bits per heavy atom. The van der Waals surface area contributed by atoms with E-state index in [-0.39, 0.29) is 5.92 Å². The molecular formula is C29H29Br2NO2. The maximum absolute atomic E-state index is 12.7. The number of hydrogen-bond acceptors (Lipinski definition) is 3. The molecule has 2 unspecified atom stereocenters. The number of methoxy groups -OCH3 is 1. The van der Waals surface area contributed by atoms with Crippen molar-refractivity contribution < 1.29 is 9.84 Å². The Labute approximate surface area is 218 Å². The summed E-state index contributed by atoms with van der Waals surface area (Å²) in [6.07, 6.45) is 0.551. The van der Waals surface area contributed by atoms with Gasteiger partial charge in [0.2, 0.25) is 0 Å². The lowest BCUT2D eigenvalue weighted by Crippen LogP contribution is -2.37. The molecule has 34 heavy (non-hydrogen) atoms. The van der Waals surface area contributed by atoms with E-state index in [2.05, 4.69) is 73.2 Å². The number of ether oxygens (including phenoxy) is 1. The highest BCUT2D eigenvalue weighted by Crippen LogP contribution is 2.48. The summed E-state index contributed by atoms with van der Waals surface area (Å²) in [5, 5.41) is 14.8. The lowest BCUT2D eigenvalue weighted by atomic mass is 9.71. The largest absolute Gasteiger partial charge is 0.496 e. The van der Waals surface area contributed by atoms with E-state index in [1.165, 1.54) is 0 Å². The molecule has 4 rings (SSSR count). The Bertz CT molecular complexity index is 1280. The molecule has 0 radical (unpaired) electrons. The Hall–Kier alpha value is -2.18. The Balaban J connectivity index is 2.02. The van der Waals surface area contributed by atoms with Gasteiger partial charge in [-0.15, -0.1) is 0 Å². The van der Waals surface area contributed by atoms with Crippen LogP contribution < -0.4 is 4.74 Å². The molecule has 0 spiro atoms. The van der Waals surface area contributed by atoms with Crippen LogP contribution in [0.1, 0.15) is 29.0 Å². The molecule has 2 atom stereocenters. The van der Waals surface area contributed by atoms with Crippen LogP contribution in [0.5, 0.6) is 5.75 Å². The van der Waals surface area contributed by atoms with Gasteiger partial charge in [-0.2, -0.15) is 0 Å². The van der Waals surface area contributed by atoms with Gasteiger partial charge in [0.25, 0.3) is 0 Å². The second kappa shape index (κ2) is 10.6. The fraction of sp³-hybridized carbons (Fsp3) is 0.241. The van der Waals surface area contributed by atoms with Crippen molar-refractivity contribution in [2.24, 2.45) is 0 Å². The summed E-state index contributed by atoms with van der Waals surface area (Å²) < 4.78 is 7.88. The first-order valence-electron chi connectivity index (χ1n) is 11.3. The van der Waals surface area contributed by atoms with Gasteiger partial charge in [-0.3, -0.25) is 0 Å². The molecule has 4 aromatic carbocycles. The van der Waals surface area contributed by atoms with Crippen molar-refractivity contribution in [3.8, 4) is 5.75 Å². The minimum atomic E-state index is -1.18. The van der Waals surface area contributed by atoms with Gasteiger partial charge in [0.15, 0.2) is 0 Å². The number of fused-ring (bicyclic) bond motifs is 1. The number of aliphatic hydroxyl groups is 1. The molecule has 0 aliphatic carbocycles. The highest BCUT2D eigenvalue weighted by atomic mass is 79.9. The van der Waals surface area contributed by atoms with Gasteiger partial charge in [0.1, 0.15) is 11.4 Å². The van der Waals surface area contributed by atoms with E-state index >= 15 is 0 Å². The third-order valence-electron chi connectivity index (χ3n) is 6.34. The molecule has 0 bridgehead atoms. The maximum Gasteiger partial charge on any atom is 0.123 e. The average molecular weight is 583 g/mol. The molecule has 0 aromatic heterocycles. The molecule has 0 heterocycles. The first-order chi connectivity index (χ1) is 16.3. The van der Waals surface area contributed by atoms with Crippen molar-refractivity contribution in [2.75, 3.05) is 27.7 Å². The second-order valence-electron chi connectivity index (χ2n) is 8.92. The van der Waals surface area contributed by atoms with Crippen molar-refractivity contribution in [1.82, 2.24) is 4.90 Å². The minimum Gasteiger partial charge on any atom is -0.496 e. The third-order valence-corrected chi connectivity index (χ3v) is 7.32. The van der Waals surface area contributed by atoms with Gasteiger partial charge in [0, 0.05) is 27.0 Å². The van der Waals surface area contributed by atoms with Crippen LogP contribution in [-0.2, 0) is 5.60 Å². The van der Waals surface area contributed by atoms with Crippen LogP contribution in [0.4, 0.5) is 0 Å². The van der Waals surface area contributed by atoms with E-state index in [0.29, 0.717) is 6.42 Å². The van der Waals surface area contributed by atoms with Crippen LogP contribution in [0.2, 0.25) is 0 Å². The normalized spacial score (nSPS) is 14.2. The van der Waals surface area contributed by atoms with Gasteiger partial charge in [-0.1, -0.05) is 80.4 Å². The van der Waals surface area contributed by atoms with Crippen molar-refractivity contribution in [3.63, 3.8) is 0 Å². The molecular weight excluding hydrogens is 554 g/mol. The minimum absolute atomic E-state index is 0.346. The van der Waals surface area contributed by atoms with Crippen LogP contribution >= 0.6 is 31.9 Å². The Morgan fingerprint density at radius 2 is 1.59 bits per heavy atom. The zero-order valence-corrected chi connectivity index (χ0v) is 22.8. The Morgan fingerprint density at radius 3 is 2.26 bits per heavy atom. The van der Waals surface area contributed by atoms with Gasteiger partial charge in [0.05, 0.1) is 7.11 Å². The monoisotopic (exact) mass is 581 g/mol. The zero-order valence-electron chi connectivity index (χ0n) is 19.6. The predicted octanol–water partition coefficient (Wildman–Crippen LogP) is 7.34. The maximum atomic E-state index is 12.7. The predicted molar refractivity (Wildman–Crippen MR) is 148 cm³/mol. The van der Waals surface area contributed by atoms with Gasteiger partial charge in [-0.05, 0) is 78.8 Å². The lowest BCUT2D eigenvalue weighted by Gasteiger charge is -2.39. The molecule has 0 fully saturated rings. The molecule has 0 aliphatic rings. The van der Waals surface area contributed by atoms with Crippen LogP contribution in [0, 0.1) is 0 Å². The summed E-state index contributed by atoms with van der Waals surface area (Å²) in [4.78, 5) is 2.11. The van der Waals surface area contributed by atoms with Crippen molar-refractivity contribution in [2.45, 2.75) is 17.9 Å². The molecule has 0 amide bonds. The highest BCUT2D eigenvalue weighted by molar-refractivity contribution is 9.10. The average Bonchev–Trinajstić information content (AvgIpc) is 2.83. The van der Waals surface area contributed by atoms with E-state index in [4.69, 9.17) is 4.74 Å². The molecule has 176 valence electrons. The molecule has 0 saturated heterocycles. The summed E-state index contributed by atoms with van der Waals surface area (Å²) >= 11 is 7.22. The standard InChI is InChI=1S/C29H29Br2NO2/c1-32(2)15-14-29(33,23-10-7-11-24(30)19-23)28(20-8-5-4-6-9-20)26-17-22-16-25(31)13-12-21(22)18-27(26)34-3/h4-13,16-19,28,33H,14-15H2,1-3H3.